The van der Waals surface area contributed by atoms with Crippen molar-refractivity contribution < 1.29 is 32.9 Å². The predicted molar refractivity (Wildman–Crippen MR) is 57.0 cm³/mol. The highest BCUT2D eigenvalue weighted by Crippen LogP contribution is 2.31. The maximum Gasteiger partial charge on any atom is 0.415 e. The van der Waals surface area contributed by atoms with Crippen LogP contribution in [-0.4, -0.2) is 22.6 Å². The maximum atomic E-state index is 12.9. The van der Waals surface area contributed by atoms with Crippen LogP contribution in [0.4, 0.5) is 8.78 Å². The van der Waals surface area contributed by atoms with Gasteiger partial charge in [0.05, 0.1) is 6.10 Å². The molecular weight excluding hydrogens is 258 g/mol. The van der Waals surface area contributed by atoms with Crippen molar-refractivity contribution in [3.63, 3.8) is 0 Å². The number of esters is 1. The topological polar surface area (TPSA) is 65.0 Å². The van der Waals surface area contributed by atoms with E-state index in [0.717, 1.165) is 19.3 Å². The standard InChI is InChI=1S/C9H16F2O5S/c1-3-4-5-6-7(2)14-8(12)9(10,11)17-16-15-13/h7,13H,3-6H2,1-2H3. The van der Waals surface area contributed by atoms with E-state index in [4.69, 9.17) is 5.26 Å². The predicted octanol–water partition coefficient (Wildman–Crippen LogP) is 3.16. The number of hydrogen-bond acceptors (Lipinski definition) is 6. The Kier molecular flexibility index (Phi) is 8.40. The zero-order valence-electron chi connectivity index (χ0n) is 9.65. The second kappa shape index (κ2) is 8.62. The molecule has 5 nitrogen and oxygen atoms in total. The Bertz CT molecular complexity index is 227. The smallest absolute Gasteiger partial charge is 0.415 e. The summed E-state index contributed by atoms with van der Waals surface area (Å²) in [6, 6.07) is 0. The fourth-order valence-electron chi connectivity index (χ4n) is 1.08. The molecule has 1 unspecified atom stereocenters. The molecule has 1 N–H and O–H groups in total. The van der Waals surface area contributed by atoms with Gasteiger partial charge in [0.25, 0.3) is 0 Å². The van der Waals surface area contributed by atoms with E-state index in [1.54, 1.807) is 0 Å². The van der Waals surface area contributed by atoms with Crippen molar-refractivity contribution in [2.75, 3.05) is 0 Å². The van der Waals surface area contributed by atoms with Crippen LogP contribution in [0.1, 0.15) is 39.5 Å². The van der Waals surface area contributed by atoms with Crippen molar-refractivity contribution in [1.29, 1.82) is 0 Å². The molecular formula is C9H16F2O5S. The number of unbranched alkanes of at least 4 members (excludes halogenated alkanes) is 2. The molecule has 17 heavy (non-hydrogen) atoms. The lowest BCUT2D eigenvalue weighted by atomic mass is 10.1. The van der Waals surface area contributed by atoms with Crippen LogP contribution in [-0.2, 0) is 18.9 Å². The highest BCUT2D eigenvalue weighted by atomic mass is 32.2. The van der Waals surface area contributed by atoms with Gasteiger partial charge in [-0.05, 0) is 19.8 Å². The summed E-state index contributed by atoms with van der Waals surface area (Å²) in [4.78, 5) is 11.0. The van der Waals surface area contributed by atoms with Crippen molar-refractivity contribution in [2.24, 2.45) is 0 Å². The largest absolute Gasteiger partial charge is 0.457 e. The van der Waals surface area contributed by atoms with E-state index in [2.05, 4.69) is 14.1 Å². The number of halogens is 2. The van der Waals surface area contributed by atoms with Gasteiger partial charge in [-0.2, -0.15) is 8.78 Å². The van der Waals surface area contributed by atoms with Gasteiger partial charge in [0, 0.05) is 0 Å². The molecule has 102 valence electrons. The molecule has 8 heteroatoms. The number of rotatable bonds is 9. The molecule has 0 aromatic heterocycles. The molecule has 1 atom stereocenters. The number of carbonyl (C=O) groups excluding carboxylic acids is 1. The van der Waals surface area contributed by atoms with Gasteiger partial charge in [0.15, 0.2) is 0 Å². The summed E-state index contributed by atoms with van der Waals surface area (Å²) in [6.07, 6.45) is 2.69. The molecule has 0 spiro atoms. The van der Waals surface area contributed by atoms with Gasteiger partial charge < -0.3 is 4.74 Å². The zero-order chi connectivity index (χ0) is 13.3. The molecule has 0 aromatic carbocycles. The molecule has 0 radical (unpaired) electrons. The second-order valence-electron chi connectivity index (χ2n) is 3.45. The molecule has 0 saturated carbocycles. The number of ether oxygens (including phenoxy) is 1. The van der Waals surface area contributed by atoms with Crippen LogP contribution in [0.3, 0.4) is 0 Å². The molecule has 0 bridgehead atoms. The Morgan fingerprint density at radius 2 is 2.12 bits per heavy atom. The average Bonchev–Trinajstić information content (AvgIpc) is 2.26. The lowest BCUT2D eigenvalue weighted by Gasteiger charge is -2.16. The fourth-order valence-corrected chi connectivity index (χ4v) is 1.32. The van der Waals surface area contributed by atoms with Crippen LogP contribution in [0.15, 0.2) is 0 Å². The van der Waals surface area contributed by atoms with Crippen molar-refractivity contribution in [3.8, 4) is 0 Å². The quantitative estimate of drug-likeness (QED) is 0.229. The first kappa shape index (κ1) is 16.6. The summed E-state index contributed by atoms with van der Waals surface area (Å²) < 4.78 is 33.9. The van der Waals surface area contributed by atoms with Crippen LogP contribution in [0.5, 0.6) is 0 Å². The van der Waals surface area contributed by atoms with Gasteiger partial charge in [0.1, 0.15) is 12.0 Å². The Morgan fingerprint density at radius 1 is 1.47 bits per heavy atom. The Morgan fingerprint density at radius 3 is 2.65 bits per heavy atom. The van der Waals surface area contributed by atoms with Gasteiger partial charge in [0.2, 0.25) is 0 Å². The summed E-state index contributed by atoms with van der Waals surface area (Å²) in [5, 5.41) is 6.78. The minimum atomic E-state index is -3.91. The first-order chi connectivity index (χ1) is 7.94. The molecule has 0 rings (SSSR count). The second-order valence-corrected chi connectivity index (χ2v) is 4.27. The van der Waals surface area contributed by atoms with Crippen molar-refractivity contribution >= 4 is 18.0 Å². The molecule has 0 aliphatic carbocycles. The van der Waals surface area contributed by atoms with Gasteiger partial charge in [-0.3, -0.25) is 0 Å². The third-order valence-electron chi connectivity index (χ3n) is 1.93. The summed E-state index contributed by atoms with van der Waals surface area (Å²) >= 11 is -0.623. The summed E-state index contributed by atoms with van der Waals surface area (Å²) in [5.41, 5.74) is 0. The van der Waals surface area contributed by atoms with E-state index < -0.39 is 29.4 Å². The normalized spacial score (nSPS) is 13.5. The van der Waals surface area contributed by atoms with Crippen LogP contribution in [0.2, 0.25) is 0 Å². The number of hydrogen-bond donors (Lipinski definition) is 1. The van der Waals surface area contributed by atoms with E-state index in [9.17, 15) is 13.6 Å². The summed E-state index contributed by atoms with van der Waals surface area (Å²) in [6.45, 7) is 3.55. The van der Waals surface area contributed by atoms with Gasteiger partial charge in [-0.1, -0.05) is 24.8 Å². The SMILES string of the molecule is CCCCCC(C)OC(=O)C(F)(F)SOOO. The number of carbonyl (C=O) groups is 1. The molecule has 0 saturated heterocycles. The van der Waals surface area contributed by atoms with E-state index in [-0.39, 0.29) is 0 Å². The van der Waals surface area contributed by atoms with Crippen molar-refractivity contribution in [2.45, 2.75) is 50.9 Å². The Labute approximate surface area is 102 Å². The average molecular weight is 274 g/mol. The summed E-state index contributed by atoms with van der Waals surface area (Å²) in [5.74, 6) is -1.72. The minimum absolute atomic E-state index is 0.525. The van der Waals surface area contributed by atoms with Gasteiger partial charge >= 0.3 is 11.2 Å². The first-order valence-electron chi connectivity index (χ1n) is 5.18. The number of alkyl halides is 2. The highest BCUT2D eigenvalue weighted by Gasteiger charge is 2.44. The third kappa shape index (κ3) is 7.48. The van der Waals surface area contributed by atoms with Gasteiger partial charge in [-0.15, -0.1) is 4.33 Å². The molecule has 0 aromatic rings. The van der Waals surface area contributed by atoms with Crippen molar-refractivity contribution in [1.82, 2.24) is 0 Å². The van der Waals surface area contributed by atoms with Crippen LogP contribution < -0.4 is 0 Å². The van der Waals surface area contributed by atoms with E-state index in [1.165, 1.54) is 6.92 Å². The third-order valence-corrected chi connectivity index (χ3v) is 2.43. The van der Waals surface area contributed by atoms with Gasteiger partial charge in [-0.25, -0.2) is 10.1 Å². The Balaban J connectivity index is 3.96. The fraction of sp³-hybridized carbons (Fsp3) is 0.889. The lowest BCUT2D eigenvalue weighted by Crippen LogP contribution is -2.30. The lowest BCUT2D eigenvalue weighted by molar-refractivity contribution is -0.433. The van der Waals surface area contributed by atoms with E-state index >= 15 is 0 Å². The van der Waals surface area contributed by atoms with Crippen LogP contribution in [0, 0.1) is 0 Å². The van der Waals surface area contributed by atoms with E-state index in [1.807, 2.05) is 6.92 Å². The van der Waals surface area contributed by atoms with Crippen molar-refractivity contribution in [3.05, 3.63) is 0 Å². The van der Waals surface area contributed by atoms with E-state index in [0.29, 0.717) is 6.42 Å². The Hall–Kier alpha value is -0.440. The monoisotopic (exact) mass is 274 g/mol. The minimum Gasteiger partial charge on any atom is -0.457 e. The highest BCUT2D eigenvalue weighted by molar-refractivity contribution is 7.96. The van der Waals surface area contributed by atoms with Crippen LogP contribution >= 0.6 is 12.0 Å². The molecule has 0 amide bonds. The summed E-state index contributed by atoms with van der Waals surface area (Å²) in [7, 11) is 0. The first-order valence-corrected chi connectivity index (χ1v) is 5.93. The maximum absolute atomic E-state index is 12.9. The van der Waals surface area contributed by atoms with Crippen LogP contribution in [0.25, 0.3) is 0 Å². The molecule has 0 aliphatic rings. The zero-order valence-corrected chi connectivity index (χ0v) is 10.5. The molecule has 0 fully saturated rings. The molecule has 0 heterocycles. The molecule has 0 aliphatic heterocycles.